The SMILES string of the molecule is Cc1ccc(NC(N)=NCCC(=O)N(C)C)cc1.I. The highest BCUT2D eigenvalue weighted by atomic mass is 127. The van der Waals surface area contributed by atoms with Gasteiger partial charge in [0.05, 0.1) is 6.54 Å². The number of rotatable bonds is 4. The molecule has 6 heteroatoms. The van der Waals surface area contributed by atoms with Crippen LogP contribution in [0.5, 0.6) is 0 Å². The van der Waals surface area contributed by atoms with E-state index in [9.17, 15) is 4.79 Å². The van der Waals surface area contributed by atoms with E-state index in [0.717, 1.165) is 5.69 Å². The molecule has 0 spiro atoms. The molecule has 1 aromatic rings. The fourth-order valence-corrected chi connectivity index (χ4v) is 1.32. The van der Waals surface area contributed by atoms with Crippen LogP contribution in [0.15, 0.2) is 29.3 Å². The summed E-state index contributed by atoms with van der Waals surface area (Å²) in [5, 5.41) is 2.97. The van der Waals surface area contributed by atoms with Crippen molar-refractivity contribution in [3.63, 3.8) is 0 Å². The summed E-state index contributed by atoms with van der Waals surface area (Å²) in [6.45, 7) is 2.41. The number of carbonyl (C=O) groups is 1. The van der Waals surface area contributed by atoms with Crippen molar-refractivity contribution in [2.75, 3.05) is 26.0 Å². The maximum Gasteiger partial charge on any atom is 0.223 e. The standard InChI is InChI=1S/C13H20N4O.HI/c1-10-4-6-11(7-5-10)16-13(14)15-9-8-12(18)17(2)3;/h4-7H,8-9H2,1-3H3,(H3,14,15,16);1H. The topological polar surface area (TPSA) is 70.7 Å². The number of hydrogen-bond acceptors (Lipinski definition) is 2. The van der Waals surface area contributed by atoms with Crippen molar-refractivity contribution in [1.29, 1.82) is 0 Å². The lowest BCUT2D eigenvalue weighted by molar-refractivity contribution is -0.128. The van der Waals surface area contributed by atoms with Gasteiger partial charge in [0, 0.05) is 26.2 Å². The second-order valence-electron chi connectivity index (χ2n) is 4.30. The summed E-state index contributed by atoms with van der Waals surface area (Å²) in [6.07, 6.45) is 0.364. The number of anilines is 1. The first-order valence-corrected chi connectivity index (χ1v) is 5.83. The second-order valence-corrected chi connectivity index (χ2v) is 4.30. The van der Waals surface area contributed by atoms with E-state index in [4.69, 9.17) is 5.73 Å². The van der Waals surface area contributed by atoms with Crippen molar-refractivity contribution in [2.45, 2.75) is 13.3 Å². The lowest BCUT2D eigenvalue weighted by Crippen LogP contribution is -2.25. The average molecular weight is 376 g/mol. The van der Waals surface area contributed by atoms with Gasteiger partial charge in [-0.2, -0.15) is 0 Å². The van der Waals surface area contributed by atoms with Crippen LogP contribution >= 0.6 is 24.0 Å². The van der Waals surface area contributed by atoms with Gasteiger partial charge in [-0.1, -0.05) is 17.7 Å². The molecule has 0 aromatic heterocycles. The number of halogens is 1. The van der Waals surface area contributed by atoms with E-state index in [2.05, 4.69) is 10.3 Å². The third kappa shape index (κ3) is 7.00. The Morgan fingerprint density at radius 2 is 1.89 bits per heavy atom. The highest BCUT2D eigenvalue weighted by Gasteiger charge is 2.02. The number of amides is 1. The number of carbonyl (C=O) groups excluding carboxylic acids is 1. The molecule has 0 unspecified atom stereocenters. The molecule has 0 saturated heterocycles. The highest BCUT2D eigenvalue weighted by molar-refractivity contribution is 14.0. The quantitative estimate of drug-likeness (QED) is 0.479. The van der Waals surface area contributed by atoms with Crippen LogP contribution < -0.4 is 11.1 Å². The van der Waals surface area contributed by atoms with Crippen molar-refractivity contribution < 1.29 is 4.79 Å². The van der Waals surface area contributed by atoms with E-state index in [1.54, 1.807) is 19.0 Å². The van der Waals surface area contributed by atoms with Crippen LogP contribution in [0.3, 0.4) is 0 Å². The number of hydrogen-bond donors (Lipinski definition) is 2. The van der Waals surface area contributed by atoms with E-state index in [1.165, 1.54) is 5.56 Å². The normalized spacial score (nSPS) is 10.6. The van der Waals surface area contributed by atoms with Gasteiger partial charge in [0.1, 0.15) is 0 Å². The number of nitrogens with one attached hydrogen (secondary N) is 1. The molecular weight excluding hydrogens is 355 g/mol. The van der Waals surface area contributed by atoms with Gasteiger partial charge in [-0.25, -0.2) is 0 Å². The molecule has 1 rings (SSSR count). The summed E-state index contributed by atoms with van der Waals surface area (Å²) in [4.78, 5) is 17.0. The van der Waals surface area contributed by atoms with Crippen LogP contribution in [0, 0.1) is 6.92 Å². The number of guanidine groups is 1. The lowest BCUT2D eigenvalue weighted by Gasteiger charge is -2.09. The van der Waals surface area contributed by atoms with Gasteiger partial charge in [-0.3, -0.25) is 9.79 Å². The fraction of sp³-hybridized carbons (Fsp3) is 0.385. The van der Waals surface area contributed by atoms with Crippen molar-refractivity contribution in [3.05, 3.63) is 29.8 Å². The third-order valence-corrected chi connectivity index (χ3v) is 2.43. The summed E-state index contributed by atoms with van der Waals surface area (Å²) < 4.78 is 0. The first-order valence-electron chi connectivity index (χ1n) is 5.83. The van der Waals surface area contributed by atoms with E-state index < -0.39 is 0 Å². The number of nitrogens with two attached hydrogens (primary N) is 1. The molecular formula is C13H21IN4O. The van der Waals surface area contributed by atoms with Crippen molar-refractivity contribution in [3.8, 4) is 0 Å². The minimum absolute atomic E-state index is 0. The maximum atomic E-state index is 11.3. The summed E-state index contributed by atoms with van der Waals surface area (Å²) >= 11 is 0. The number of aliphatic imine (C=N–C) groups is 1. The van der Waals surface area contributed by atoms with Crippen LogP contribution in [-0.4, -0.2) is 37.4 Å². The molecule has 0 saturated carbocycles. The largest absolute Gasteiger partial charge is 0.370 e. The first kappa shape index (κ1) is 17.7. The van der Waals surface area contributed by atoms with Gasteiger partial charge in [-0.15, -0.1) is 24.0 Å². The number of nitrogens with zero attached hydrogens (tertiary/aromatic N) is 2. The van der Waals surface area contributed by atoms with Gasteiger partial charge < -0.3 is 16.0 Å². The van der Waals surface area contributed by atoms with Gasteiger partial charge >= 0.3 is 0 Å². The second kappa shape index (κ2) is 8.73. The molecule has 0 radical (unpaired) electrons. The third-order valence-electron chi connectivity index (χ3n) is 2.43. The lowest BCUT2D eigenvalue weighted by atomic mass is 10.2. The Hall–Kier alpha value is -1.31. The Labute approximate surface area is 131 Å². The predicted molar refractivity (Wildman–Crippen MR) is 90.0 cm³/mol. The Balaban J connectivity index is 0.00000324. The number of aryl methyl sites for hydroxylation is 1. The zero-order valence-electron chi connectivity index (χ0n) is 11.5. The Morgan fingerprint density at radius 1 is 1.32 bits per heavy atom. The van der Waals surface area contributed by atoms with Gasteiger partial charge in [-0.05, 0) is 19.1 Å². The monoisotopic (exact) mass is 376 g/mol. The summed E-state index contributed by atoms with van der Waals surface area (Å²) in [7, 11) is 3.44. The van der Waals surface area contributed by atoms with E-state index >= 15 is 0 Å². The van der Waals surface area contributed by atoms with Gasteiger partial charge in [0.25, 0.3) is 0 Å². The first-order chi connectivity index (χ1) is 8.49. The van der Waals surface area contributed by atoms with Crippen molar-refractivity contribution in [1.82, 2.24) is 4.90 Å². The zero-order valence-corrected chi connectivity index (χ0v) is 13.8. The van der Waals surface area contributed by atoms with E-state index in [0.29, 0.717) is 18.9 Å². The van der Waals surface area contributed by atoms with Crippen molar-refractivity contribution >= 4 is 41.5 Å². The smallest absolute Gasteiger partial charge is 0.223 e. The van der Waals surface area contributed by atoms with Gasteiger partial charge in [0.2, 0.25) is 5.91 Å². The molecule has 1 amide bonds. The van der Waals surface area contributed by atoms with E-state index in [-0.39, 0.29) is 29.9 Å². The zero-order chi connectivity index (χ0) is 13.5. The molecule has 0 atom stereocenters. The fourth-order valence-electron chi connectivity index (χ4n) is 1.32. The molecule has 3 N–H and O–H groups in total. The molecule has 0 heterocycles. The van der Waals surface area contributed by atoms with Crippen molar-refractivity contribution in [2.24, 2.45) is 10.7 Å². The Bertz CT molecular complexity index is 429. The van der Waals surface area contributed by atoms with Crippen LogP contribution in [0.4, 0.5) is 5.69 Å². The maximum absolute atomic E-state index is 11.3. The molecule has 0 aliphatic rings. The van der Waals surface area contributed by atoms with Crippen LogP contribution in [0.25, 0.3) is 0 Å². The summed E-state index contributed by atoms with van der Waals surface area (Å²) in [5.41, 5.74) is 7.80. The molecule has 0 aliphatic carbocycles. The minimum Gasteiger partial charge on any atom is -0.370 e. The predicted octanol–water partition coefficient (Wildman–Crippen LogP) is 1.82. The Kier molecular flexibility index (Phi) is 8.13. The minimum atomic E-state index is 0. The molecule has 0 fully saturated rings. The van der Waals surface area contributed by atoms with Crippen LogP contribution in [0.2, 0.25) is 0 Å². The average Bonchev–Trinajstić information content (AvgIpc) is 2.32. The molecule has 0 aliphatic heterocycles. The molecule has 106 valence electrons. The van der Waals surface area contributed by atoms with Crippen LogP contribution in [0.1, 0.15) is 12.0 Å². The Morgan fingerprint density at radius 3 is 2.42 bits per heavy atom. The van der Waals surface area contributed by atoms with E-state index in [1.807, 2.05) is 31.2 Å². The molecule has 5 nitrogen and oxygen atoms in total. The summed E-state index contributed by atoms with van der Waals surface area (Å²) in [5.74, 6) is 0.368. The highest BCUT2D eigenvalue weighted by Crippen LogP contribution is 2.07. The van der Waals surface area contributed by atoms with Crippen LogP contribution in [-0.2, 0) is 4.79 Å². The molecule has 0 bridgehead atoms. The summed E-state index contributed by atoms with van der Waals surface area (Å²) in [6, 6.07) is 7.85. The number of benzene rings is 1. The molecule has 1 aromatic carbocycles. The van der Waals surface area contributed by atoms with Gasteiger partial charge in [0.15, 0.2) is 5.96 Å². The molecule has 19 heavy (non-hydrogen) atoms.